The van der Waals surface area contributed by atoms with Gasteiger partial charge in [0.1, 0.15) is 0 Å². The Morgan fingerprint density at radius 3 is 1.40 bits per heavy atom. The molecule has 2 atom stereocenters. The van der Waals surface area contributed by atoms with E-state index in [2.05, 4.69) is 48.0 Å². The van der Waals surface area contributed by atoms with Crippen molar-refractivity contribution in [2.45, 2.75) is 66.5 Å². The van der Waals surface area contributed by atoms with Gasteiger partial charge in [0.15, 0.2) is 0 Å². The molecule has 89 valence electrons. The van der Waals surface area contributed by atoms with Crippen LogP contribution in [-0.2, 0) is 4.79 Å². The molecule has 0 bridgehead atoms. The summed E-state index contributed by atoms with van der Waals surface area (Å²) in [6.45, 7) is 13.0. The minimum Gasteiger partial charge on any atom is -0.329 e. The number of hydrogen-bond acceptors (Lipinski definition) is 1. The average molecular weight is 212 g/mol. The van der Waals surface area contributed by atoms with Gasteiger partial charge >= 0.3 is 6.41 Å². The van der Waals surface area contributed by atoms with E-state index in [0.717, 1.165) is 12.8 Å². The molecule has 0 fully saturated rings. The van der Waals surface area contributed by atoms with Crippen molar-refractivity contribution in [3.63, 3.8) is 0 Å². The molecule has 0 rings (SSSR count). The minimum atomic E-state index is 0.302. The van der Waals surface area contributed by atoms with Crippen LogP contribution in [0.2, 0.25) is 0 Å². The van der Waals surface area contributed by atoms with Gasteiger partial charge < -0.3 is 4.90 Å². The van der Waals surface area contributed by atoms with Gasteiger partial charge in [-0.15, -0.1) is 0 Å². The topological polar surface area (TPSA) is 20.3 Å². The predicted octanol–water partition coefficient (Wildman–Crippen LogP) is 3.22. The summed E-state index contributed by atoms with van der Waals surface area (Å²) in [6, 6.07) is 0.604. The summed E-state index contributed by atoms with van der Waals surface area (Å²) < 4.78 is 0. The van der Waals surface area contributed by atoms with Gasteiger partial charge in [0, 0.05) is 12.1 Å². The Morgan fingerprint density at radius 1 is 0.867 bits per heavy atom. The smallest absolute Gasteiger partial charge is 0.312 e. The highest BCUT2D eigenvalue weighted by Crippen LogP contribution is 2.16. The highest BCUT2D eigenvalue weighted by atomic mass is 16.1. The molecule has 0 aromatic heterocycles. The van der Waals surface area contributed by atoms with Crippen LogP contribution in [0.3, 0.4) is 0 Å². The predicted molar refractivity (Wildman–Crippen MR) is 65.4 cm³/mol. The first-order valence-electron chi connectivity index (χ1n) is 6.04. The standard InChI is InChI=1S/C13H26NO/c1-10(2)7-12(5)14(9-15)13(6)8-11(3)4/h10-13H,7-8H2,1-6H3. The third-order valence-corrected chi connectivity index (χ3v) is 2.68. The molecule has 0 saturated carbocycles. The fourth-order valence-electron chi connectivity index (χ4n) is 2.21. The number of nitrogens with zero attached hydrogens (tertiary/aromatic N) is 1. The zero-order chi connectivity index (χ0) is 12.0. The summed E-state index contributed by atoms with van der Waals surface area (Å²) in [6.07, 6.45) is 4.20. The molecule has 0 heterocycles. The molecule has 0 aliphatic rings. The zero-order valence-corrected chi connectivity index (χ0v) is 11.1. The molecule has 0 aromatic carbocycles. The van der Waals surface area contributed by atoms with Crippen molar-refractivity contribution >= 4 is 6.41 Å². The largest absolute Gasteiger partial charge is 0.329 e. The SMILES string of the molecule is CC(C)CC(C)N([C]=O)C(C)CC(C)C. The fraction of sp³-hybridized carbons (Fsp3) is 0.923. The van der Waals surface area contributed by atoms with Gasteiger partial charge in [-0.25, -0.2) is 0 Å². The third-order valence-electron chi connectivity index (χ3n) is 2.68. The number of hydrogen-bond donors (Lipinski definition) is 0. The number of amides is 1. The first kappa shape index (κ1) is 14.5. The molecule has 0 spiro atoms. The summed E-state index contributed by atoms with van der Waals surface area (Å²) >= 11 is 0. The molecule has 0 aliphatic heterocycles. The molecule has 1 radical (unpaired) electrons. The van der Waals surface area contributed by atoms with Crippen LogP contribution in [0.25, 0.3) is 0 Å². The zero-order valence-electron chi connectivity index (χ0n) is 11.1. The Hall–Kier alpha value is -0.530. The van der Waals surface area contributed by atoms with Crippen molar-refractivity contribution in [1.29, 1.82) is 0 Å². The maximum absolute atomic E-state index is 11.0. The lowest BCUT2D eigenvalue weighted by atomic mass is 9.99. The molecule has 15 heavy (non-hydrogen) atoms. The van der Waals surface area contributed by atoms with E-state index in [-0.39, 0.29) is 0 Å². The summed E-state index contributed by atoms with van der Waals surface area (Å²) in [5.74, 6) is 1.25. The summed E-state index contributed by atoms with van der Waals surface area (Å²) in [7, 11) is 0. The maximum atomic E-state index is 11.0. The van der Waals surface area contributed by atoms with Gasteiger partial charge in [0.2, 0.25) is 0 Å². The van der Waals surface area contributed by atoms with Crippen molar-refractivity contribution in [2.24, 2.45) is 11.8 Å². The van der Waals surface area contributed by atoms with E-state index in [4.69, 9.17) is 0 Å². The average Bonchev–Trinajstić information content (AvgIpc) is 2.01. The van der Waals surface area contributed by atoms with E-state index in [1.807, 2.05) is 4.90 Å². The quantitative estimate of drug-likeness (QED) is 0.593. The summed E-state index contributed by atoms with van der Waals surface area (Å²) in [4.78, 5) is 12.8. The van der Waals surface area contributed by atoms with Crippen molar-refractivity contribution < 1.29 is 4.79 Å². The van der Waals surface area contributed by atoms with Gasteiger partial charge in [-0.2, -0.15) is 0 Å². The van der Waals surface area contributed by atoms with Crippen LogP contribution in [0.1, 0.15) is 54.4 Å². The molecular formula is C13H26NO. The second kappa shape index (κ2) is 6.86. The van der Waals surface area contributed by atoms with Crippen molar-refractivity contribution in [3.8, 4) is 0 Å². The van der Waals surface area contributed by atoms with Gasteiger partial charge in [-0.3, -0.25) is 4.79 Å². The monoisotopic (exact) mass is 212 g/mol. The first-order valence-corrected chi connectivity index (χ1v) is 6.04. The van der Waals surface area contributed by atoms with Gasteiger partial charge in [0.25, 0.3) is 0 Å². The molecule has 0 N–H and O–H groups in total. The van der Waals surface area contributed by atoms with Crippen LogP contribution >= 0.6 is 0 Å². The number of carbonyl (C=O) groups excluding carboxylic acids is 1. The molecule has 0 saturated heterocycles. The lowest BCUT2D eigenvalue weighted by Gasteiger charge is -2.32. The Bertz CT molecular complexity index is 161. The van der Waals surface area contributed by atoms with E-state index in [1.165, 1.54) is 0 Å². The van der Waals surface area contributed by atoms with E-state index in [1.54, 1.807) is 0 Å². The van der Waals surface area contributed by atoms with Crippen molar-refractivity contribution in [1.82, 2.24) is 4.90 Å². The molecule has 1 amide bonds. The lowest BCUT2D eigenvalue weighted by molar-refractivity contribution is 0.203. The highest BCUT2D eigenvalue weighted by molar-refractivity contribution is 5.49. The Morgan fingerprint density at radius 2 is 1.20 bits per heavy atom. The maximum Gasteiger partial charge on any atom is 0.312 e. The number of rotatable bonds is 7. The van der Waals surface area contributed by atoms with Gasteiger partial charge in [-0.1, -0.05) is 27.7 Å². The van der Waals surface area contributed by atoms with Crippen LogP contribution < -0.4 is 0 Å². The van der Waals surface area contributed by atoms with Crippen molar-refractivity contribution in [3.05, 3.63) is 0 Å². The summed E-state index contributed by atoms with van der Waals surface area (Å²) in [5, 5.41) is 0. The van der Waals surface area contributed by atoms with E-state index < -0.39 is 0 Å². The second-order valence-electron chi connectivity index (χ2n) is 5.46. The van der Waals surface area contributed by atoms with E-state index in [9.17, 15) is 4.79 Å². The molecule has 2 heteroatoms. The summed E-state index contributed by atoms with van der Waals surface area (Å²) in [5.41, 5.74) is 0. The van der Waals surface area contributed by atoms with E-state index in [0.29, 0.717) is 23.9 Å². The first-order chi connectivity index (χ1) is 6.88. The lowest BCUT2D eigenvalue weighted by Crippen LogP contribution is -2.40. The molecule has 0 aliphatic carbocycles. The minimum absolute atomic E-state index is 0.302. The van der Waals surface area contributed by atoms with Crippen LogP contribution in [0.5, 0.6) is 0 Å². The molecule has 0 aromatic rings. The highest BCUT2D eigenvalue weighted by Gasteiger charge is 2.20. The third kappa shape index (κ3) is 5.81. The van der Waals surface area contributed by atoms with Crippen LogP contribution in [-0.4, -0.2) is 23.4 Å². The molecule has 2 unspecified atom stereocenters. The van der Waals surface area contributed by atoms with Gasteiger partial charge in [0.05, 0.1) is 0 Å². The van der Waals surface area contributed by atoms with Crippen LogP contribution in [0.15, 0.2) is 0 Å². The fourth-order valence-corrected chi connectivity index (χ4v) is 2.21. The van der Waals surface area contributed by atoms with Crippen LogP contribution in [0.4, 0.5) is 0 Å². The molecule has 2 nitrogen and oxygen atoms in total. The Kier molecular flexibility index (Phi) is 6.62. The second-order valence-corrected chi connectivity index (χ2v) is 5.46. The normalized spacial score (nSPS) is 15.5. The van der Waals surface area contributed by atoms with Gasteiger partial charge in [-0.05, 0) is 38.5 Å². The molecular weight excluding hydrogens is 186 g/mol. The van der Waals surface area contributed by atoms with E-state index >= 15 is 0 Å². The van der Waals surface area contributed by atoms with Crippen LogP contribution in [0, 0.1) is 11.8 Å². The van der Waals surface area contributed by atoms with Crippen molar-refractivity contribution in [2.75, 3.05) is 0 Å². The Labute approximate surface area is 95.0 Å². The Balaban J connectivity index is 4.26.